The van der Waals surface area contributed by atoms with Gasteiger partial charge in [-0.05, 0) is 46.9 Å². The van der Waals surface area contributed by atoms with E-state index in [0.29, 0.717) is 23.1 Å². The molecule has 6 heteroatoms. The third-order valence-electron chi connectivity index (χ3n) is 6.79. The van der Waals surface area contributed by atoms with Crippen LogP contribution in [0.5, 0.6) is 5.75 Å². The number of hydrogen-bond donors (Lipinski definition) is 2. The summed E-state index contributed by atoms with van der Waals surface area (Å²) in [7, 11) is 0. The zero-order chi connectivity index (χ0) is 26.1. The molecule has 37 heavy (non-hydrogen) atoms. The number of phenols is 1. The molecular weight excluding hydrogens is 464 g/mol. The number of carbonyl (C=O) groups is 3. The van der Waals surface area contributed by atoms with Crippen molar-refractivity contribution in [3.05, 3.63) is 113 Å². The zero-order valence-corrected chi connectivity index (χ0v) is 20.7. The van der Waals surface area contributed by atoms with E-state index in [-0.39, 0.29) is 11.7 Å². The minimum Gasteiger partial charge on any atom is -0.508 e. The summed E-state index contributed by atoms with van der Waals surface area (Å²) in [4.78, 5) is 41.6. The van der Waals surface area contributed by atoms with Gasteiger partial charge in [0.1, 0.15) is 11.8 Å². The fourth-order valence-electron chi connectivity index (χ4n) is 5.06. The molecule has 5 rings (SSSR count). The van der Waals surface area contributed by atoms with E-state index in [0.717, 1.165) is 21.2 Å². The molecule has 0 aliphatic carbocycles. The Labute approximate surface area is 215 Å². The van der Waals surface area contributed by atoms with Crippen LogP contribution in [-0.4, -0.2) is 33.8 Å². The molecule has 2 atom stereocenters. The summed E-state index contributed by atoms with van der Waals surface area (Å²) in [6, 6.07) is 25.4. The summed E-state index contributed by atoms with van der Waals surface area (Å²) < 4.78 is 0. The molecular formula is C31H28N2O4. The SMILES string of the molecule is CC(C)C[C@H](C(=O)N[C@@H](c1ccccc1)c1c(O)ccc2ccccc12)N1C(=O)c2ccccc2C1=O. The number of aromatic hydroxyl groups is 1. The van der Waals surface area contributed by atoms with E-state index in [1.807, 2.05) is 74.5 Å². The van der Waals surface area contributed by atoms with Crippen molar-refractivity contribution < 1.29 is 19.5 Å². The van der Waals surface area contributed by atoms with Crippen LogP contribution in [0.4, 0.5) is 0 Å². The molecule has 6 nitrogen and oxygen atoms in total. The van der Waals surface area contributed by atoms with Crippen LogP contribution in [0.25, 0.3) is 10.8 Å². The van der Waals surface area contributed by atoms with E-state index >= 15 is 0 Å². The minimum absolute atomic E-state index is 0.0428. The van der Waals surface area contributed by atoms with Crippen LogP contribution in [0, 0.1) is 5.92 Å². The highest BCUT2D eigenvalue weighted by atomic mass is 16.3. The first-order valence-electron chi connectivity index (χ1n) is 12.4. The van der Waals surface area contributed by atoms with Crippen molar-refractivity contribution in [1.29, 1.82) is 0 Å². The summed E-state index contributed by atoms with van der Waals surface area (Å²) >= 11 is 0. The molecule has 186 valence electrons. The highest BCUT2D eigenvalue weighted by Crippen LogP contribution is 2.36. The molecule has 0 unspecified atom stereocenters. The molecule has 0 radical (unpaired) electrons. The second kappa shape index (κ2) is 9.90. The lowest BCUT2D eigenvalue weighted by Crippen LogP contribution is -2.51. The van der Waals surface area contributed by atoms with Crippen LogP contribution >= 0.6 is 0 Å². The van der Waals surface area contributed by atoms with Crippen molar-refractivity contribution in [2.24, 2.45) is 5.92 Å². The van der Waals surface area contributed by atoms with Crippen molar-refractivity contribution in [3.8, 4) is 5.75 Å². The van der Waals surface area contributed by atoms with Gasteiger partial charge in [0.2, 0.25) is 5.91 Å². The second-order valence-electron chi connectivity index (χ2n) is 9.74. The van der Waals surface area contributed by atoms with Crippen molar-refractivity contribution in [2.45, 2.75) is 32.4 Å². The Balaban J connectivity index is 1.58. The molecule has 4 aromatic carbocycles. The number of nitrogens with one attached hydrogen (secondary N) is 1. The van der Waals surface area contributed by atoms with Gasteiger partial charge in [-0.3, -0.25) is 19.3 Å². The highest BCUT2D eigenvalue weighted by Gasteiger charge is 2.43. The zero-order valence-electron chi connectivity index (χ0n) is 20.7. The monoisotopic (exact) mass is 492 g/mol. The molecule has 0 saturated carbocycles. The van der Waals surface area contributed by atoms with Gasteiger partial charge < -0.3 is 10.4 Å². The molecule has 1 heterocycles. The van der Waals surface area contributed by atoms with Crippen LogP contribution in [0.15, 0.2) is 91.0 Å². The van der Waals surface area contributed by atoms with E-state index in [1.165, 1.54) is 0 Å². The van der Waals surface area contributed by atoms with Crippen molar-refractivity contribution >= 4 is 28.5 Å². The fraction of sp³-hybridized carbons (Fsp3) is 0.194. The van der Waals surface area contributed by atoms with Crippen molar-refractivity contribution in [2.75, 3.05) is 0 Å². The fourth-order valence-corrected chi connectivity index (χ4v) is 5.06. The summed E-state index contributed by atoms with van der Waals surface area (Å²) in [5.41, 5.74) is 1.94. The standard InChI is InChI=1S/C31H28N2O4/c1-19(2)18-25(33-30(36)23-14-8-9-15-24(23)31(33)37)29(35)32-28(21-11-4-3-5-12-21)27-22-13-7-6-10-20(22)16-17-26(27)34/h3-17,19,25,28,34H,18H2,1-2H3,(H,32,35)/t25-,28+/m1/s1. The van der Waals surface area contributed by atoms with Gasteiger partial charge in [0.25, 0.3) is 11.8 Å². The molecule has 4 aromatic rings. The Kier molecular flexibility index (Phi) is 6.49. The molecule has 0 aromatic heterocycles. The van der Waals surface area contributed by atoms with Gasteiger partial charge in [0, 0.05) is 5.56 Å². The Morgan fingerprint density at radius 1 is 0.811 bits per heavy atom. The summed E-state index contributed by atoms with van der Waals surface area (Å²) in [5.74, 6) is -1.30. The van der Waals surface area contributed by atoms with Gasteiger partial charge in [-0.15, -0.1) is 0 Å². The lowest BCUT2D eigenvalue weighted by atomic mass is 9.92. The number of nitrogens with zero attached hydrogens (tertiary/aromatic N) is 1. The predicted molar refractivity (Wildman–Crippen MR) is 142 cm³/mol. The topological polar surface area (TPSA) is 86.7 Å². The third-order valence-corrected chi connectivity index (χ3v) is 6.79. The average molecular weight is 493 g/mol. The number of rotatable bonds is 7. The maximum absolute atomic E-state index is 14.0. The third kappa shape index (κ3) is 4.47. The largest absolute Gasteiger partial charge is 0.508 e. The number of fused-ring (bicyclic) bond motifs is 2. The van der Waals surface area contributed by atoms with E-state index in [9.17, 15) is 19.5 Å². The predicted octanol–water partition coefficient (Wildman–Crippen LogP) is 5.46. The quantitative estimate of drug-likeness (QED) is 0.335. The van der Waals surface area contributed by atoms with Gasteiger partial charge >= 0.3 is 0 Å². The lowest BCUT2D eigenvalue weighted by Gasteiger charge is -2.30. The van der Waals surface area contributed by atoms with Gasteiger partial charge in [-0.2, -0.15) is 0 Å². The minimum atomic E-state index is -1.00. The number of imide groups is 1. The molecule has 1 aliphatic heterocycles. The highest BCUT2D eigenvalue weighted by molar-refractivity contribution is 6.22. The number of amides is 3. The lowest BCUT2D eigenvalue weighted by molar-refractivity contribution is -0.126. The van der Waals surface area contributed by atoms with E-state index in [4.69, 9.17) is 0 Å². The number of carbonyl (C=O) groups excluding carboxylic acids is 3. The number of phenolic OH excluding ortho intramolecular Hbond substituents is 1. The Hall–Kier alpha value is -4.45. The molecule has 3 amide bonds. The summed E-state index contributed by atoms with van der Waals surface area (Å²) in [6.07, 6.45) is 0.306. The molecule has 0 bridgehead atoms. The van der Waals surface area contributed by atoms with Gasteiger partial charge in [0.05, 0.1) is 17.2 Å². The van der Waals surface area contributed by atoms with Gasteiger partial charge in [0.15, 0.2) is 0 Å². The van der Waals surface area contributed by atoms with Gasteiger partial charge in [-0.25, -0.2) is 0 Å². The molecule has 0 saturated heterocycles. The molecule has 0 spiro atoms. The average Bonchev–Trinajstić information content (AvgIpc) is 3.16. The molecule has 1 aliphatic rings. The van der Waals surface area contributed by atoms with Crippen molar-refractivity contribution in [3.63, 3.8) is 0 Å². The van der Waals surface area contributed by atoms with Crippen LogP contribution in [0.1, 0.15) is 58.2 Å². The first-order chi connectivity index (χ1) is 17.9. The first kappa shape index (κ1) is 24.3. The normalized spacial score (nSPS) is 14.6. The maximum atomic E-state index is 14.0. The molecule has 2 N–H and O–H groups in total. The Morgan fingerprint density at radius 2 is 1.41 bits per heavy atom. The van der Waals surface area contributed by atoms with E-state index in [2.05, 4.69) is 5.32 Å². The van der Waals surface area contributed by atoms with Crippen LogP contribution in [0.3, 0.4) is 0 Å². The van der Waals surface area contributed by atoms with Gasteiger partial charge in [-0.1, -0.05) is 86.6 Å². The Bertz CT molecular complexity index is 1460. The maximum Gasteiger partial charge on any atom is 0.262 e. The van der Waals surface area contributed by atoms with E-state index in [1.54, 1.807) is 30.3 Å². The number of hydrogen-bond acceptors (Lipinski definition) is 4. The Morgan fingerprint density at radius 3 is 2.05 bits per heavy atom. The summed E-state index contributed by atoms with van der Waals surface area (Å²) in [5, 5.41) is 15.8. The number of benzene rings is 4. The van der Waals surface area contributed by atoms with Crippen LogP contribution in [0.2, 0.25) is 0 Å². The van der Waals surface area contributed by atoms with Crippen molar-refractivity contribution in [1.82, 2.24) is 10.2 Å². The van der Waals surface area contributed by atoms with E-state index < -0.39 is 29.8 Å². The second-order valence-corrected chi connectivity index (χ2v) is 9.74. The first-order valence-corrected chi connectivity index (χ1v) is 12.4. The van der Waals surface area contributed by atoms with Crippen LogP contribution < -0.4 is 5.32 Å². The summed E-state index contributed by atoms with van der Waals surface area (Å²) in [6.45, 7) is 3.90. The smallest absolute Gasteiger partial charge is 0.262 e. The molecule has 0 fully saturated rings. The van der Waals surface area contributed by atoms with Crippen LogP contribution in [-0.2, 0) is 4.79 Å².